The molecule has 1 aromatic heterocycles. The van der Waals surface area contributed by atoms with Crippen LogP contribution in [0.4, 0.5) is 0 Å². The Morgan fingerprint density at radius 3 is 2.48 bits per heavy atom. The van der Waals surface area contributed by atoms with Crippen LogP contribution < -0.4 is 5.73 Å². The molecule has 0 saturated carbocycles. The van der Waals surface area contributed by atoms with Crippen LogP contribution in [0.25, 0.3) is 0 Å². The van der Waals surface area contributed by atoms with Gasteiger partial charge < -0.3 is 5.73 Å². The quantitative estimate of drug-likeness (QED) is 0.891. The fraction of sp³-hybridized carbons (Fsp3) is 0.353. The van der Waals surface area contributed by atoms with Crippen LogP contribution in [-0.4, -0.2) is 29.0 Å². The van der Waals surface area contributed by atoms with Gasteiger partial charge in [-0.15, -0.1) is 0 Å². The van der Waals surface area contributed by atoms with Crippen molar-refractivity contribution in [2.24, 2.45) is 5.73 Å². The summed E-state index contributed by atoms with van der Waals surface area (Å²) in [6, 6.07) is 13.9. The average molecular weight is 304 g/mol. The van der Waals surface area contributed by atoms with Crippen LogP contribution in [0.15, 0.2) is 48.7 Å². The van der Waals surface area contributed by atoms with E-state index >= 15 is 0 Å². The van der Waals surface area contributed by atoms with Crippen molar-refractivity contribution in [1.82, 2.24) is 9.88 Å². The van der Waals surface area contributed by atoms with Crippen LogP contribution in [0, 0.1) is 0 Å². The standard InChI is InChI=1S/C17H22ClN3/c1-17(13-19,11-14-6-8-15(18)9-7-14)21(2)12-16-5-3-4-10-20-16/h3-10H,11-13,19H2,1-2H3. The fourth-order valence-corrected chi connectivity index (χ4v) is 2.46. The van der Waals surface area contributed by atoms with Gasteiger partial charge in [0, 0.05) is 29.8 Å². The lowest BCUT2D eigenvalue weighted by Gasteiger charge is -2.38. The molecule has 4 heteroatoms. The maximum Gasteiger partial charge on any atom is 0.0544 e. The molecule has 1 heterocycles. The highest BCUT2D eigenvalue weighted by molar-refractivity contribution is 6.30. The molecule has 1 unspecified atom stereocenters. The zero-order valence-electron chi connectivity index (χ0n) is 12.6. The summed E-state index contributed by atoms with van der Waals surface area (Å²) in [4.78, 5) is 6.65. The van der Waals surface area contributed by atoms with Crippen LogP contribution in [0.1, 0.15) is 18.2 Å². The number of nitrogens with zero attached hydrogens (tertiary/aromatic N) is 2. The largest absolute Gasteiger partial charge is 0.329 e. The zero-order chi connectivity index (χ0) is 15.3. The minimum Gasteiger partial charge on any atom is -0.329 e. The fourth-order valence-electron chi connectivity index (χ4n) is 2.33. The minimum atomic E-state index is -0.120. The van der Waals surface area contributed by atoms with E-state index in [9.17, 15) is 0 Å². The van der Waals surface area contributed by atoms with E-state index in [4.69, 9.17) is 17.3 Å². The molecule has 0 amide bonds. The second-order valence-electron chi connectivity index (χ2n) is 5.68. The SMILES string of the molecule is CN(Cc1ccccn1)C(C)(CN)Cc1ccc(Cl)cc1. The first kappa shape index (κ1) is 16.0. The normalized spacial score (nSPS) is 14.1. The van der Waals surface area contributed by atoms with E-state index in [0.717, 1.165) is 23.7 Å². The highest BCUT2D eigenvalue weighted by atomic mass is 35.5. The lowest BCUT2D eigenvalue weighted by atomic mass is 9.91. The molecule has 112 valence electrons. The number of hydrogen-bond donors (Lipinski definition) is 1. The topological polar surface area (TPSA) is 42.2 Å². The summed E-state index contributed by atoms with van der Waals surface area (Å²) in [7, 11) is 2.09. The maximum absolute atomic E-state index is 6.05. The lowest BCUT2D eigenvalue weighted by Crippen LogP contribution is -2.51. The van der Waals surface area contributed by atoms with Gasteiger partial charge >= 0.3 is 0 Å². The van der Waals surface area contributed by atoms with E-state index in [1.807, 2.05) is 36.5 Å². The predicted molar refractivity (Wildman–Crippen MR) is 88.3 cm³/mol. The summed E-state index contributed by atoms with van der Waals surface area (Å²) in [5.74, 6) is 0. The third-order valence-electron chi connectivity index (χ3n) is 3.98. The first-order chi connectivity index (χ1) is 10.0. The van der Waals surface area contributed by atoms with E-state index in [1.165, 1.54) is 5.56 Å². The van der Waals surface area contributed by atoms with Gasteiger partial charge in [0.05, 0.1) is 5.69 Å². The molecule has 0 bridgehead atoms. The van der Waals surface area contributed by atoms with Crippen LogP contribution in [0.3, 0.4) is 0 Å². The van der Waals surface area contributed by atoms with Gasteiger partial charge in [-0.05, 0) is 50.2 Å². The number of pyridine rings is 1. The highest BCUT2D eigenvalue weighted by Crippen LogP contribution is 2.21. The molecular formula is C17H22ClN3. The smallest absolute Gasteiger partial charge is 0.0544 e. The van der Waals surface area contributed by atoms with Gasteiger partial charge in [0.2, 0.25) is 0 Å². The Labute approximate surface area is 131 Å². The number of nitrogens with two attached hydrogens (primary N) is 1. The van der Waals surface area contributed by atoms with Crippen LogP contribution in [0.2, 0.25) is 5.02 Å². The molecule has 1 atom stereocenters. The molecule has 0 saturated heterocycles. The lowest BCUT2D eigenvalue weighted by molar-refractivity contribution is 0.134. The van der Waals surface area contributed by atoms with Crippen molar-refractivity contribution in [1.29, 1.82) is 0 Å². The Bertz CT molecular complexity index is 556. The van der Waals surface area contributed by atoms with Gasteiger partial charge in [-0.1, -0.05) is 29.8 Å². The van der Waals surface area contributed by atoms with Gasteiger partial charge in [-0.25, -0.2) is 0 Å². The molecular weight excluding hydrogens is 282 g/mol. The molecule has 1 aromatic carbocycles. The number of rotatable bonds is 6. The van der Waals surface area contributed by atoms with Crippen LogP contribution >= 0.6 is 11.6 Å². The number of benzene rings is 1. The molecule has 0 spiro atoms. The van der Waals surface area contributed by atoms with Crippen LogP contribution in [-0.2, 0) is 13.0 Å². The molecule has 2 rings (SSSR count). The van der Waals surface area contributed by atoms with Gasteiger partial charge in [0.15, 0.2) is 0 Å². The van der Waals surface area contributed by atoms with Crippen molar-refractivity contribution in [2.75, 3.05) is 13.6 Å². The summed E-state index contributed by atoms with van der Waals surface area (Å²) in [6.45, 7) is 3.55. The molecule has 3 nitrogen and oxygen atoms in total. The summed E-state index contributed by atoms with van der Waals surface area (Å²) in [5, 5.41) is 0.759. The number of likely N-dealkylation sites (N-methyl/N-ethyl adjacent to an activating group) is 1. The first-order valence-electron chi connectivity index (χ1n) is 7.09. The summed E-state index contributed by atoms with van der Waals surface area (Å²) >= 11 is 5.94. The summed E-state index contributed by atoms with van der Waals surface area (Å²) in [6.07, 6.45) is 2.70. The number of hydrogen-bond acceptors (Lipinski definition) is 3. The van der Waals surface area contributed by atoms with Crippen molar-refractivity contribution in [3.8, 4) is 0 Å². The summed E-state index contributed by atoms with van der Waals surface area (Å²) in [5.41, 5.74) is 8.22. The van der Waals surface area contributed by atoms with Crippen molar-refractivity contribution >= 4 is 11.6 Å². The monoisotopic (exact) mass is 303 g/mol. The van der Waals surface area contributed by atoms with Crippen molar-refractivity contribution < 1.29 is 0 Å². The second-order valence-corrected chi connectivity index (χ2v) is 6.12. The first-order valence-corrected chi connectivity index (χ1v) is 7.47. The van der Waals surface area contributed by atoms with Crippen molar-refractivity contribution in [2.45, 2.75) is 25.4 Å². The molecule has 0 aliphatic heterocycles. The second kappa shape index (κ2) is 7.03. The third-order valence-corrected chi connectivity index (χ3v) is 4.24. The van der Waals surface area contributed by atoms with E-state index in [-0.39, 0.29) is 5.54 Å². The van der Waals surface area contributed by atoms with E-state index in [0.29, 0.717) is 6.54 Å². The minimum absolute atomic E-state index is 0.120. The van der Waals surface area contributed by atoms with E-state index in [2.05, 4.69) is 36.0 Å². The molecule has 0 aliphatic carbocycles. The Morgan fingerprint density at radius 1 is 1.19 bits per heavy atom. The Morgan fingerprint density at radius 2 is 1.90 bits per heavy atom. The van der Waals surface area contributed by atoms with Gasteiger partial charge in [0.25, 0.3) is 0 Å². The molecule has 2 N–H and O–H groups in total. The van der Waals surface area contributed by atoms with E-state index < -0.39 is 0 Å². The van der Waals surface area contributed by atoms with Crippen molar-refractivity contribution in [3.05, 3.63) is 64.9 Å². The Hall–Kier alpha value is -1.42. The number of halogens is 1. The molecule has 2 aromatic rings. The average Bonchev–Trinajstić information content (AvgIpc) is 2.50. The van der Waals surface area contributed by atoms with E-state index in [1.54, 1.807) is 0 Å². The van der Waals surface area contributed by atoms with Gasteiger partial charge in [-0.2, -0.15) is 0 Å². The van der Waals surface area contributed by atoms with Crippen molar-refractivity contribution in [3.63, 3.8) is 0 Å². The third kappa shape index (κ3) is 4.27. The van der Waals surface area contributed by atoms with Gasteiger partial charge in [0.1, 0.15) is 0 Å². The molecule has 0 fully saturated rings. The molecule has 21 heavy (non-hydrogen) atoms. The summed E-state index contributed by atoms with van der Waals surface area (Å²) < 4.78 is 0. The molecule has 0 aliphatic rings. The maximum atomic E-state index is 6.05. The Kier molecular flexibility index (Phi) is 5.34. The van der Waals surface area contributed by atoms with Gasteiger partial charge in [-0.3, -0.25) is 9.88 Å². The predicted octanol–water partition coefficient (Wildman–Crippen LogP) is 3.13. The highest BCUT2D eigenvalue weighted by Gasteiger charge is 2.28. The van der Waals surface area contributed by atoms with Crippen LogP contribution in [0.5, 0.6) is 0 Å². The Balaban J connectivity index is 2.10. The number of aromatic nitrogens is 1. The molecule has 0 radical (unpaired) electrons. The zero-order valence-corrected chi connectivity index (χ0v) is 13.3.